The van der Waals surface area contributed by atoms with E-state index in [4.69, 9.17) is 0 Å². The molecule has 0 saturated heterocycles. The van der Waals surface area contributed by atoms with Crippen LogP contribution in [0.4, 0.5) is 11.4 Å². The van der Waals surface area contributed by atoms with Crippen molar-refractivity contribution in [3.05, 3.63) is 60.2 Å². The van der Waals surface area contributed by atoms with Gasteiger partial charge < -0.3 is 10.0 Å². The lowest BCUT2D eigenvalue weighted by molar-refractivity contribution is 0.199. The Hall–Kier alpha value is -1.80. The van der Waals surface area contributed by atoms with Crippen LogP contribution in [0.25, 0.3) is 0 Å². The first-order chi connectivity index (χ1) is 9.72. The number of unbranched alkanes of at least 4 members (excludes halogenated alkanes) is 1. The first-order valence-corrected chi connectivity index (χ1v) is 7.33. The van der Waals surface area contributed by atoms with Crippen molar-refractivity contribution in [1.29, 1.82) is 0 Å². The summed E-state index contributed by atoms with van der Waals surface area (Å²) < 4.78 is 0. The molecule has 2 nitrogen and oxygen atoms in total. The van der Waals surface area contributed by atoms with E-state index in [-0.39, 0.29) is 0 Å². The molecule has 0 aliphatic heterocycles. The van der Waals surface area contributed by atoms with Crippen molar-refractivity contribution in [1.82, 2.24) is 0 Å². The maximum absolute atomic E-state index is 9.60. The van der Waals surface area contributed by atoms with Crippen LogP contribution in [0.2, 0.25) is 0 Å². The molecule has 106 valence electrons. The lowest BCUT2D eigenvalue weighted by Crippen LogP contribution is -2.18. The van der Waals surface area contributed by atoms with Crippen LogP contribution >= 0.6 is 0 Å². The molecule has 2 aromatic rings. The number of hydrogen-bond donors (Lipinski definition) is 1. The van der Waals surface area contributed by atoms with E-state index in [0.717, 1.165) is 18.5 Å². The third-order valence-electron chi connectivity index (χ3n) is 3.49. The summed E-state index contributed by atoms with van der Waals surface area (Å²) in [6.45, 7) is 5.01. The minimum atomic E-state index is -0.412. The molecule has 2 rings (SSSR count). The Bertz CT molecular complexity index is 505. The van der Waals surface area contributed by atoms with Gasteiger partial charge in [0, 0.05) is 17.9 Å². The van der Waals surface area contributed by atoms with Gasteiger partial charge in [0.1, 0.15) is 0 Å². The summed E-state index contributed by atoms with van der Waals surface area (Å²) in [6.07, 6.45) is 1.92. The van der Waals surface area contributed by atoms with Crippen LogP contribution in [0.3, 0.4) is 0 Å². The molecule has 1 N–H and O–H groups in total. The molecule has 2 aromatic carbocycles. The van der Waals surface area contributed by atoms with Crippen molar-refractivity contribution in [2.75, 3.05) is 11.4 Å². The van der Waals surface area contributed by atoms with Gasteiger partial charge in [-0.15, -0.1) is 0 Å². The zero-order valence-electron chi connectivity index (χ0n) is 12.3. The molecule has 20 heavy (non-hydrogen) atoms. The van der Waals surface area contributed by atoms with E-state index in [1.54, 1.807) is 6.92 Å². The van der Waals surface area contributed by atoms with Gasteiger partial charge in [-0.3, -0.25) is 0 Å². The number of benzene rings is 2. The molecule has 2 heteroatoms. The number of aliphatic hydroxyl groups is 1. The van der Waals surface area contributed by atoms with Crippen molar-refractivity contribution >= 4 is 11.4 Å². The normalized spacial score (nSPS) is 12.2. The highest BCUT2D eigenvalue weighted by Gasteiger charge is 2.09. The number of nitrogens with zero attached hydrogens (tertiary/aromatic N) is 1. The Morgan fingerprint density at radius 1 is 0.950 bits per heavy atom. The van der Waals surface area contributed by atoms with E-state index >= 15 is 0 Å². The summed E-state index contributed by atoms with van der Waals surface area (Å²) in [5.41, 5.74) is 3.34. The molecular weight excluding hydrogens is 246 g/mol. The summed E-state index contributed by atoms with van der Waals surface area (Å²) in [4.78, 5) is 2.33. The molecule has 0 aliphatic carbocycles. The number of aliphatic hydroxyl groups excluding tert-OH is 1. The molecule has 0 amide bonds. The third kappa shape index (κ3) is 3.61. The Balaban J connectivity index is 2.26. The smallest absolute Gasteiger partial charge is 0.0761 e. The van der Waals surface area contributed by atoms with Gasteiger partial charge in [-0.05, 0) is 43.2 Å². The molecular formula is C18H23NO. The highest BCUT2D eigenvalue weighted by atomic mass is 16.3. The molecule has 0 spiro atoms. The van der Waals surface area contributed by atoms with E-state index in [2.05, 4.69) is 48.2 Å². The van der Waals surface area contributed by atoms with Gasteiger partial charge in [0.15, 0.2) is 0 Å². The quantitative estimate of drug-likeness (QED) is 0.823. The lowest BCUT2D eigenvalue weighted by atomic mass is 10.1. The van der Waals surface area contributed by atoms with Gasteiger partial charge in [0.05, 0.1) is 6.10 Å². The number of hydrogen-bond acceptors (Lipinski definition) is 2. The first-order valence-electron chi connectivity index (χ1n) is 7.33. The molecule has 0 aliphatic rings. The molecule has 0 aromatic heterocycles. The lowest BCUT2D eigenvalue weighted by Gasteiger charge is -2.25. The first kappa shape index (κ1) is 14.6. The van der Waals surface area contributed by atoms with Gasteiger partial charge in [-0.2, -0.15) is 0 Å². The highest BCUT2D eigenvalue weighted by molar-refractivity contribution is 5.63. The topological polar surface area (TPSA) is 23.5 Å². The second-order valence-corrected chi connectivity index (χ2v) is 5.11. The second-order valence-electron chi connectivity index (χ2n) is 5.11. The largest absolute Gasteiger partial charge is 0.389 e. The predicted octanol–water partition coefficient (Wildman–Crippen LogP) is 4.68. The van der Waals surface area contributed by atoms with Gasteiger partial charge in [-0.1, -0.05) is 43.7 Å². The molecule has 0 saturated carbocycles. The van der Waals surface area contributed by atoms with Crippen LogP contribution in [0.15, 0.2) is 54.6 Å². The van der Waals surface area contributed by atoms with Crippen LogP contribution in [-0.4, -0.2) is 11.7 Å². The van der Waals surface area contributed by atoms with Gasteiger partial charge in [0.2, 0.25) is 0 Å². The fourth-order valence-electron chi connectivity index (χ4n) is 2.26. The van der Waals surface area contributed by atoms with Crippen molar-refractivity contribution in [2.45, 2.75) is 32.8 Å². The van der Waals surface area contributed by atoms with Gasteiger partial charge in [-0.25, -0.2) is 0 Å². The summed E-state index contributed by atoms with van der Waals surface area (Å²) in [5, 5.41) is 9.60. The SMILES string of the molecule is CCCCN(c1ccccc1)c1ccc(C(C)O)cc1. The number of para-hydroxylation sites is 1. The zero-order chi connectivity index (χ0) is 14.4. The summed E-state index contributed by atoms with van der Waals surface area (Å²) in [5.74, 6) is 0. The Morgan fingerprint density at radius 3 is 2.10 bits per heavy atom. The van der Waals surface area contributed by atoms with Crippen molar-refractivity contribution in [3.8, 4) is 0 Å². The average Bonchev–Trinajstić information content (AvgIpc) is 2.49. The van der Waals surface area contributed by atoms with E-state index in [1.165, 1.54) is 17.8 Å². The third-order valence-corrected chi connectivity index (χ3v) is 3.49. The minimum Gasteiger partial charge on any atom is -0.389 e. The number of rotatable bonds is 6. The predicted molar refractivity (Wildman–Crippen MR) is 85.4 cm³/mol. The molecule has 0 fully saturated rings. The van der Waals surface area contributed by atoms with Crippen LogP contribution in [0, 0.1) is 0 Å². The molecule has 0 radical (unpaired) electrons. The minimum absolute atomic E-state index is 0.412. The van der Waals surface area contributed by atoms with Gasteiger partial charge in [0.25, 0.3) is 0 Å². The van der Waals surface area contributed by atoms with Crippen LogP contribution in [0.1, 0.15) is 38.4 Å². The second kappa shape index (κ2) is 7.11. The Kier molecular flexibility index (Phi) is 5.19. The molecule has 1 unspecified atom stereocenters. The van der Waals surface area contributed by atoms with E-state index < -0.39 is 6.10 Å². The van der Waals surface area contributed by atoms with E-state index in [0.29, 0.717) is 0 Å². The summed E-state index contributed by atoms with van der Waals surface area (Å²) >= 11 is 0. The monoisotopic (exact) mass is 269 g/mol. The highest BCUT2D eigenvalue weighted by Crippen LogP contribution is 2.27. The molecule has 1 atom stereocenters. The van der Waals surface area contributed by atoms with Crippen molar-refractivity contribution in [3.63, 3.8) is 0 Å². The van der Waals surface area contributed by atoms with Crippen molar-refractivity contribution in [2.24, 2.45) is 0 Å². The van der Waals surface area contributed by atoms with Crippen molar-refractivity contribution < 1.29 is 5.11 Å². The standard InChI is InChI=1S/C18H23NO/c1-3-4-14-19(17-8-6-5-7-9-17)18-12-10-16(11-13-18)15(2)20/h5-13,15,20H,3-4,14H2,1-2H3. The van der Waals surface area contributed by atoms with Crippen LogP contribution < -0.4 is 4.90 Å². The average molecular weight is 269 g/mol. The fourth-order valence-corrected chi connectivity index (χ4v) is 2.26. The van der Waals surface area contributed by atoms with Gasteiger partial charge >= 0.3 is 0 Å². The molecule has 0 heterocycles. The van der Waals surface area contributed by atoms with E-state index in [9.17, 15) is 5.11 Å². The van der Waals surface area contributed by atoms with Crippen LogP contribution in [-0.2, 0) is 0 Å². The zero-order valence-corrected chi connectivity index (χ0v) is 12.3. The molecule has 0 bridgehead atoms. The number of anilines is 2. The Labute approximate surface area is 121 Å². The maximum atomic E-state index is 9.60. The van der Waals surface area contributed by atoms with Crippen LogP contribution in [0.5, 0.6) is 0 Å². The fraction of sp³-hybridized carbons (Fsp3) is 0.333. The summed E-state index contributed by atoms with van der Waals surface area (Å²) in [7, 11) is 0. The Morgan fingerprint density at radius 2 is 1.55 bits per heavy atom. The summed E-state index contributed by atoms with van der Waals surface area (Å²) in [6, 6.07) is 18.6. The maximum Gasteiger partial charge on any atom is 0.0761 e. The van der Waals surface area contributed by atoms with E-state index in [1.807, 2.05) is 18.2 Å².